The molecule has 2 nitrogen and oxygen atoms in total. The molecule has 1 unspecified atom stereocenters. The summed E-state index contributed by atoms with van der Waals surface area (Å²) in [5.41, 5.74) is 2.01. The first-order valence-corrected chi connectivity index (χ1v) is 7.64. The Morgan fingerprint density at radius 1 is 1.30 bits per heavy atom. The van der Waals surface area contributed by atoms with Crippen molar-refractivity contribution < 1.29 is 9.13 Å². The van der Waals surface area contributed by atoms with Crippen molar-refractivity contribution in [3.8, 4) is 5.75 Å². The molecule has 2 rings (SSSR count). The standard InChI is InChI=1S/C16H20FNOS/c1-4-11-8-9-20-16(11)13(18-2)10-12-6-5-7-14(19-3)15(12)17/h5-9,13,18H,4,10H2,1-3H3. The molecule has 1 aromatic carbocycles. The van der Waals surface area contributed by atoms with Crippen molar-refractivity contribution in [1.82, 2.24) is 5.32 Å². The Labute approximate surface area is 123 Å². The first-order valence-electron chi connectivity index (χ1n) is 6.76. The van der Waals surface area contributed by atoms with Gasteiger partial charge in [-0.1, -0.05) is 19.1 Å². The number of aryl methyl sites for hydroxylation is 1. The van der Waals surface area contributed by atoms with E-state index in [1.165, 1.54) is 17.6 Å². The van der Waals surface area contributed by atoms with Crippen LogP contribution in [0.25, 0.3) is 0 Å². The molecule has 0 radical (unpaired) electrons. The summed E-state index contributed by atoms with van der Waals surface area (Å²) in [6, 6.07) is 7.58. The predicted molar refractivity (Wildman–Crippen MR) is 82.2 cm³/mol. The van der Waals surface area contributed by atoms with Crippen molar-refractivity contribution in [2.24, 2.45) is 0 Å². The fourth-order valence-electron chi connectivity index (χ4n) is 2.36. The highest BCUT2D eigenvalue weighted by molar-refractivity contribution is 7.10. The van der Waals surface area contributed by atoms with E-state index in [2.05, 4.69) is 23.7 Å². The zero-order valence-corrected chi connectivity index (χ0v) is 12.9. The fraction of sp³-hybridized carbons (Fsp3) is 0.375. The van der Waals surface area contributed by atoms with E-state index in [-0.39, 0.29) is 11.9 Å². The van der Waals surface area contributed by atoms with E-state index in [0.717, 1.165) is 6.42 Å². The highest BCUT2D eigenvalue weighted by Gasteiger charge is 2.18. The molecule has 1 atom stereocenters. The van der Waals surface area contributed by atoms with Crippen LogP contribution in [0.3, 0.4) is 0 Å². The van der Waals surface area contributed by atoms with E-state index in [4.69, 9.17) is 4.74 Å². The molecule has 0 bridgehead atoms. The Kier molecular flexibility index (Phi) is 5.15. The zero-order chi connectivity index (χ0) is 14.5. The van der Waals surface area contributed by atoms with Crippen LogP contribution in [0.2, 0.25) is 0 Å². The molecule has 0 fully saturated rings. The topological polar surface area (TPSA) is 21.3 Å². The van der Waals surface area contributed by atoms with Gasteiger partial charge < -0.3 is 10.1 Å². The lowest BCUT2D eigenvalue weighted by molar-refractivity contribution is 0.383. The van der Waals surface area contributed by atoms with Gasteiger partial charge in [0.25, 0.3) is 0 Å². The monoisotopic (exact) mass is 293 g/mol. The molecule has 0 saturated heterocycles. The first kappa shape index (κ1) is 15.0. The minimum Gasteiger partial charge on any atom is -0.494 e. The smallest absolute Gasteiger partial charge is 0.168 e. The van der Waals surface area contributed by atoms with Crippen molar-refractivity contribution in [2.45, 2.75) is 25.8 Å². The van der Waals surface area contributed by atoms with Gasteiger partial charge in [-0.25, -0.2) is 4.39 Å². The maximum Gasteiger partial charge on any atom is 0.168 e. The van der Waals surface area contributed by atoms with E-state index in [0.29, 0.717) is 17.7 Å². The number of nitrogens with one attached hydrogen (secondary N) is 1. The largest absolute Gasteiger partial charge is 0.494 e. The molecule has 108 valence electrons. The number of benzene rings is 1. The Hall–Kier alpha value is -1.39. The summed E-state index contributed by atoms with van der Waals surface area (Å²) in [4.78, 5) is 1.29. The quantitative estimate of drug-likeness (QED) is 0.870. The molecule has 2 aromatic rings. The predicted octanol–water partition coefficient (Wildman–Crippen LogP) is 3.96. The van der Waals surface area contributed by atoms with Crippen molar-refractivity contribution in [3.05, 3.63) is 51.5 Å². The maximum atomic E-state index is 14.2. The number of likely N-dealkylation sites (N-methyl/N-ethyl adjacent to an activating group) is 1. The number of hydrogen-bond donors (Lipinski definition) is 1. The summed E-state index contributed by atoms with van der Waals surface area (Å²) in [7, 11) is 3.41. The van der Waals surface area contributed by atoms with E-state index in [9.17, 15) is 4.39 Å². The molecule has 1 heterocycles. The van der Waals surface area contributed by atoms with E-state index >= 15 is 0 Å². The van der Waals surface area contributed by atoms with Crippen LogP contribution in [0.4, 0.5) is 4.39 Å². The van der Waals surface area contributed by atoms with Crippen LogP contribution < -0.4 is 10.1 Å². The van der Waals surface area contributed by atoms with Gasteiger partial charge in [0, 0.05) is 10.9 Å². The van der Waals surface area contributed by atoms with Gasteiger partial charge >= 0.3 is 0 Å². The molecular formula is C16H20FNOS. The van der Waals surface area contributed by atoms with Crippen LogP contribution in [0, 0.1) is 5.82 Å². The van der Waals surface area contributed by atoms with Crippen LogP contribution in [0.1, 0.15) is 29.0 Å². The van der Waals surface area contributed by atoms with Crippen LogP contribution in [0.15, 0.2) is 29.6 Å². The first-order chi connectivity index (χ1) is 9.71. The summed E-state index contributed by atoms with van der Waals surface area (Å²) < 4.78 is 19.3. The lowest BCUT2D eigenvalue weighted by Gasteiger charge is -2.17. The molecule has 20 heavy (non-hydrogen) atoms. The van der Waals surface area contributed by atoms with Gasteiger partial charge in [0.1, 0.15) is 0 Å². The molecule has 0 amide bonds. The molecular weight excluding hydrogens is 273 g/mol. The van der Waals surface area contributed by atoms with Gasteiger partial charge in [-0.2, -0.15) is 0 Å². The second-order valence-corrected chi connectivity index (χ2v) is 5.59. The van der Waals surface area contributed by atoms with Crippen LogP contribution >= 0.6 is 11.3 Å². The zero-order valence-electron chi connectivity index (χ0n) is 12.1. The highest BCUT2D eigenvalue weighted by Crippen LogP contribution is 2.30. The van der Waals surface area contributed by atoms with Crippen molar-refractivity contribution in [1.29, 1.82) is 0 Å². The lowest BCUT2D eigenvalue weighted by atomic mass is 10.0. The molecule has 1 N–H and O–H groups in total. The average molecular weight is 293 g/mol. The van der Waals surface area contributed by atoms with Crippen LogP contribution in [-0.4, -0.2) is 14.2 Å². The molecule has 0 aliphatic rings. The third-order valence-corrected chi connectivity index (χ3v) is 4.59. The minimum atomic E-state index is -0.259. The summed E-state index contributed by atoms with van der Waals surface area (Å²) in [6.07, 6.45) is 1.62. The van der Waals surface area contributed by atoms with Crippen molar-refractivity contribution >= 4 is 11.3 Å². The fourth-order valence-corrected chi connectivity index (χ4v) is 3.47. The normalized spacial score (nSPS) is 12.4. The maximum absolute atomic E-state index is 14.2. The molecule has 0 saturated carbocycles. The van der Waals surface area contributed by atoms with Crippen molar-refractivity contribution in [2.75, 3.05) is 14.2 Å². The Bertz CT molecular complexity index is 567. The SMILES string of the molecule is CCc1ccsc1C(Cc1cccc(OC)c1F)NC. The van der Waals surface area contributed by atoms with Crippen molar-refractivity contribution in [3.63, 3.8) is 0 Å². The summed E-state index contributed by atoms with van der Waals surface area (Å²) in [5, 5.41) is 5.39. The van der Waals surface area contributed by atoms with Crippen LogP contribution in [-0.2, 0) is 12.8 Å². The van der Waals surface area contributed by atoms with Gasteiger partial charge in [0.05, 0.1) is 7.11 Å². The average Bonchev–Trinajstić information content (AvgIpc) is 2.94. The van der Waals surface area contributed by atoms with Gasteiger partial charge in [0.2, 0.25) is 0 Å². The summed E-state index contributed by atoms with van der Waals surface area (Å²) in [6.45, 7) is 2.14. The van der Waals surface area contributed by atoms with Gasteiger partial charge in [-0.05, 0) is 48.5 Å². The second-order valence-electron chi connectivity index (χ2n) is 4.64. The Morgan fingerprint density at radius 2 is 2.10 bits per heavy atom. The van der Waals surface area contributed by atoms with E-state index in [1.54, 1.807) is 17.4 Å². The molecule has 0 aliphatic heterocycles. The Morgan fingerprint density at radius 3 is 2.75 bits per heavy atom. The molecule has 0 spiro atoms. The minimum absolute atomic E-state index is 0.131. The highest BCUT2D eigenvalue weighted by atomic mass is 32.1. The van der Waals surface area contributed by atoms with E-state index in [1.807, 2.05) is 19.2 Å². The molecule has 4 heteroatoms. The number of thiophene rings is 1. The second kappa shape index (κ2) is 6.86. The van der Waals surface area contributed by atoms with Gasteiger partial charge in [-0.3, -0.25) is 0 Å². The lowest BCUT2D eigenvalue weighted by Crippen LogP contribution is -2.19. The molecule has 1 aromatic heterocycles. The van der Waals surface area contributed by atoms with Crippen LogP contribution in [0.5, 0.6) is 5.75 Å². The summed E-state index contributed by atoms with van der Waals surface area (Å²) in [5.74, 6) is 0.0455. The van der Waals surface area contributed by atoms with Gasteiger partial charge in [0.15, 0.2) is 11.6 Å². The molecule has 0 aliphatic carbocycles. The third-order valence-electron chi connectivity index (χ3n) is 3.51. The number of hydrogen-bond acceptors (Lipinski definition) is 3. The Balaban J connectivity index is 2.27. The summed E-state index contributed by atoms with van der Waals surface area (Å²) >= 11 is 1.73. The number of methoxy groups -OCH3 is 1. The van der Waals surface area contributed by atoms with E-state index < -0.39 is 0 Å². The third kappa shape index (κ3) is 3.02. The number of rotatable bonds is 6. The number of ether oxygens (including phenoxy) is 1. The number of halogens is 1. The van der Waals surface area contributed by atoms with Gasteiger partial charge in [-0.15, -0.1) is 11.3 Å².